The van der Waals surface area contributed by atoms with Crippen molar-refractivity contribution in [1.29, 1.82) is 0 Å². The summed E-state index contributed by atoms with van der Waals surface area (Å²) in [4.78, 5) is 2.86. The molecule has 3 heterocycles. The van der Waals surface area contributed by atoms with Crippen LogP contribution in [0.3, 0.4) is 0 Å². The van der Waals surface area contributed by atoms with Gasteiger partial charge in [0.05, 0.1) is 0 Å². The van der Waals surface area contributed by atoms with Crippen LogP contribution in [0.1, 0.15) is 44.9 Å². The van der Waals surface area contributed by atoms with Crippen LogP contribution in [0.5, 0.6) is 0 Å². The van der Waals surface area contributed by atoms with Gasteiger partial charge in [-0.25, -0.2) is 0 Å². The monoisotopic (exact) mass is 234 g/mol. The highest BCUT2D eigenvalue weighted by molar-refractivity contribution is 5.02. The summed E-state index contributed by atoms with van der Waals surface area (Å²) in [6, 6.07) is 1.85. The Bertz CT molecular complexity index is 263. The van der Waals surface area contributed by atoms with Gasteiger partial charge in [-0.2, -0.15) is 0 Å². The van der Waals surface area contributed by atoms with E-state index in [9.17, 15) is 0 Å². The average molecular weight is 234 g/mol. The molecule has 0 radical (unpaired) electrons. The molecule has 1 unspecified atom stereocenters. The third-order valence-electron chi connectivity index (χ3n) is 6.04. The Balaban J connectivity index is 1.56. The molecule has 4 fully saturated rings. The van der Waals surface area contributed by atoms with Crippen molar-refractivity contribution < 1.29 is 0 Å². The summed E-state index contributed by atoms with van der Waals surface area (Å²) in [5, 5.41) is 3.85. The first kappa shape index (κ1) is 10.8. The van der Waals surface area contributed by atoms with Crippen LogP contribution in [0.2, 0.25) is 0 Å². The Labute approximate surface area is 105 Å². The van der Waals surface area contributed by atoms with Crippen LogP contribution < -0.4 is 5.32 Å². The molecule has 17 heavy (non-hydrogen) atoms. The molecule has 0 amide bonds. The fourth-order valence-corrected chi connectivity index (χ4v) is 5.40. The molecule has 2 bridgehead atoms. The fraction of sp³-hybridized carbons (Fsp3) is 1.00. The lowest BCUT2D eigenvalue weighted by atomic mass is 9.63. The number of piperidine rings is 3. The predicted octanol–water partition coefficient (Wildman–Crippen LogP) is 2.25. The fourth-order valence-electron chi connectivity index (χ4n) is 5.40. The van der Waals surface area contributed by atoms with Crippen LogP contribution in [-0.2, 0) is 0 Å². The molecule has 1 aliphatic carbocycles. The predicted molar refractivity (Wildman–Crippen MR) is 69.9 cm³/mol. The molecule has 1 N–H and O–H groups in total. The normalized spacial score (nSPS) is 50.5. The molecular formula is C15H26N2. The first-order chi connectivity index (χ1) is 8.42. The largest absolute Gasteiger partial charge is 0.313 e. The van der Waals surface area contributed by atoms with E-state index in [1.54, 1.807) is 0 Å². The smallest absolute Gasteiger partial charge is 0.0136 e. The van der Waals surface area contributed by atoms with Crippen molar-refractivity contribution in [3.05, 3.63) is 0 Å². The zero-order valence-electron chi connectivity index (χ0n) is 10.9. The highest BCUT2D eigenvalue weighted by atomic mass is 15.2. The summed E-state index contributed by atoms with van der Waals surface area (Å²) >= 11 is 0. The Morgan fingerprint density at radius 3 is 2.82 bits per heavy atom. The third-order valence-corrected chi connectivity index (χ3v) is 6.04. The summed E-state index contributed by atoms with van der Waals surface area (Å²) < 4.78 is 0. The first-order valence-corrected chi connectivity index (χ1v) is 7.89. The van der Waals surface area contributed by atoms with E-state index in [-0.39, 0.29) is 0 Å². The molecule has 0 spiro atoms. The lowest BCUT2D eigenvalue weighted by Gasteiger charge is -2.56. The number of hydrogen-bond donors (Lipinski definition) is 1. The van der Waals surface area contributed by atoms with E-state index in [1.807, 2.05) is 0 Å². The number of fused-ring (bicyclic) bond motifs is 6. The van der Waals surface area contributed by atoms with Crippen LogP contribution in [0.25, 0.3) is 0 Å². The van der Waals surface area contributed by atoms with Crippen LogP contribution in [0.4, 0.5) is 0 Å². The van der Waals surface area contributed by atoms with Gasteiger partial charge in [0, 0.05) is 18.6 Å². The van der Waals surface area contributed by atoms with E-state index < -0.39 is 0 Å². The van der Waals surface area contributed by atoms with Crippen molar-refractivity contribution >= 4 is 0 Å². The molecule has 3 saturated heterocycles. The quantitative estimate of drug-likeness (QED) is 0.691. The minimum absolute atomic E-state index is 0.878. The number of hydrogen-bond acceptors (Lipinski definition) is 2. The van der Waals surface area contributed by atoms with Gasteiger partial charge >= 0.3 is 0 Å². The van der Waals surface area contributed by atoms with E-state index in [1.165, 1.54) is 64.6 Å². The summed E-state index contributed by atoms with van der Waals surface area (Å²) in [5.41, 5.74) is 0. The van der Waals surface area contributed by atoms with E-state index in [0.29, 0.717) is 0 Å². The van der Waals surface area contributed by atoms with Crippen molar-refractivity contribution in [3.63, 3.8) is 0 Å². The Morgan fingerprint density at radius 1 is 0.882 bits per heavy atom. The zero-order valence-corrected chi connectivity index (χ0v) is 10.9. The highest BCUT2D eigenvalue weighted by Crippen LogP contribution is 2.46. The van der Waals surface area contributed by atoms with Crippen LogP contribution >= 0.6 is 0 Å². The Morgan fingerprint density at radius 2 is 1.82 bits per heavy atom. The van der Waals surface area contributed by atoms with Crippen molar-refractivity contribution in [2.45, 2.75) is 57.0 Å². The highest BCUT2D eigenvalue weighted by Gasteiger charge is 2.47. The molecular weight excluding hydrogens is 208 g/mol. The van der Waals surface area contributed by atoms with E-state index in [2.05, 4.69) is 10.2 Å². The van der Waals surface area contributed by atoms with Gasteiger partial charge in [0.25, 0.3) is 0 Å². The second-order valence-electron chi connectivity index (χ2n) is 6.93. The Kier molecular flexibility index (Phi) is 2.69. The van der Waals surface area contributed by atoms with E-state index in [4.69, 9.17) is 0 Å². The molecule has 2 nitrogen and oxygen atoms in total. The van der Waals surface area contributed by atoms with Crippen LogP contribution in [-0.4, -0.2) is 36.6 Å². The lowest BCUT2D eigenvalue weighted by molar-refractivity contribution is -0.0404. The van der Waals surface area contributed by atoms with Gasteiger partial charge in [0.1, 0.15) is 0 Å². The summed E-state index contributed by atoms with van der Waals surface area (Å²) in [5.74, 6) is 3.06. The summed E-state index contributed by atoms with van der Waals surface area (Å²) in [7, 11) is 0. The molecule has 5 atom stereocenters. The van der Waals surface area contributed by atoms with E-state index in [0.717, 1.165) is 29.8 Å². The maximum absolute atomic E-state index is 3.85. The summed E-state index contributed by atoms with van der Waals surface area (Å²) in [6.45, 7) is 4.09. The molecule has 96 valence electrons. The standard InChI is InChI=1S/C15H26N2/c1-2-7-17-10-13-9-12(14(17)5-1)8-11-4-3-6-16-15(11)13/h11-16H,1-10H2/t11?,12-,13+,14+,15+/m0/s1. The maximum Gasteiger partial charge on any atom is 0.0136 e. The molecule has 0 aromatic carbocycles. The Hall–Kier alpha value is -0.0800. The minimum atomic E-state index is 0.878. The SMILES string of the molecule is C1CN[C@@H]2C(C1)C[C@H]1C[C@@H]2CN2CCCC[C@H]12. The third kappa shape index (κ3) is 1.76. The van der Waals surface area contributed by atoms with E-state index >= 15 is 0 Å². The van der Waals surface area contributed by atoms with Gasteiger partial charge in [0.15, 0.2) is 0 Å². The van der Waals surface area contributed by atoms with Gasteiger partial charge in [0.2, 0.25) is 0 Å². The topological polar surface area (TPSA) is 15.3 Å². The van der Waals surface area contributed by atoms with Gasteiger partial charge < -0.3 is 5.32 Å². The van der Waals surface area contributed by atoms with Crippen molar-refractivity contribution in [2.24, 2.45) is 17.8 Å². The zero-order chi connectivity index (χ0) is 11.2. The molecule has 0 aromatic heterocycles. The molecule has 0 aromatic rings. The van der Waals surface area contributed by atoms with Gasteiger partial charge in [-0.15, -0.1) is 0 Å². The average Bonchev–Trinajstić information content (AvgIpc) is 2.39. The van der Waals surface area contributed by atoms with Gasteiger partial charge in [-0.3, -0.25) is 4.90 Å². The van der Waals surface area contributed by atoms with Gasteiger partial charge in [-0.1, -0.05) is 6.42 Å². The molecule has 3 aliphatic heterocycles. The van der Waals surface area contributed by atoms with Crippen LogP contribution in [0, 0.1) is 17.8 Å². The van der Waals surface area contributed by atoms with Crippen molar-refractivity contribution in [2.75, 3.05) is 19.6 Å². The second-order valence-corrected chi connectivity index (χ2v) is 6.93. The number of nitrogens with zero attached hydrogens (tertiary/aromatic N) is 1. The molecule has 1 saturated carbocycles. The van der Waals surface area contributed by atoms with Crippen LogP contribution in [0.15, 0.2) is 0 Å². The van der Waals surface area contributed by atoms with Crippen molar-refractivity contribution in [3.8, 4) is 0 Å². The maximum atomic E-state index is 3.85. The second kappa shape index (κ2) is 4.24. The summed E-state index contributed by atoms with van der Waals surface area (Å²) in [6.07, 6.45) is 10.5. The number of nitrogens with one attached hydrogen (secondary N) is 1. The van der Waals surface area contributed by atoms with Gasteiger partial charge in [-0.05, 0) is 69.4 Å². The lowest BCUT2D eigenvalue weighted by Crippen LogP contribution is -2.61. The molecule has 4 rings (SSSR count). The molecule has 2 heteroatoms. The minimum Gasteiger partial charge on any atom is -0.313 e. The number of rotatable bonds is 0. The molecule has 4 aliphatic rings. The first-order valence-electron chi connectivity index (χ1n) is 7.89. The van der Waals surface area contributed by atoms with Crippen molar-refractivity contribution in [1.82, 2.24) is 10.2 Å².